The van der Waals surface area contributed by atoms with Crippen molar-refractivity contribution < 1.29 is 0 Å². The van der Waals surface area contributed by atoms with Crippen molar-refractivity contribution in [2.24, 2.45) is 5.92 Å². The van der Waals surface area contributed by atoms with Gasteiger partial charge in [-0.3, -0.25) is 0 Å². The van der Waals surface area contributed by atoms with Crippen LogP contribution in [0.1, 0.15) is 37.4 Å². The Balaban J connectivity index is 2.28. The fourth-order valence-corrected chi connectivity index (χ4v) is 2.34. The third kappa shape index (κ3) is 2.32. The van der Waals surface area contributed by atoms with Crippen LogP contribution in [0.15, 0.2) is 18.2 Å². The molecular formula is C13H20N2. The Morgan fingerprint density at radius 2 is 2.27 bits per heavy atom. The predicted molar refractivity (Wildman–Crippen MR) is 64.8 cm³/mol. The zero-order valence-electron chi connectivity index (χ0n) is 9.59. The topological polar surface area (TPSA) is 38.0 Å². The van der Waals surface area contributed by atoms with Crippen LogP contribution in [0.25, 0.3) is 0 Å². The van der Waals surface area contributed by atoms with Crippen molar-refractivity contribution in [3.8, 4) is 0 Å². The van der Waals surface area contributed by atoms with Crippen LogP contribution in [0.4, 0.5) is 5.69 Å². The Morgan fingerprint density at radius 3 is 3.00 bits per heavy atom. The first-order valence-electron chi connectivity index (χ1n) is 5.78. The van der Waals surface area contributed by atoms with Crippen molar-refractivity contribution >= 4 is 5.69 Å². The van der Waals surface area contributed by atoms with Crippen molar-refractivity contribution in [2.75, 3.05) is 12.3 Å². The SMILES string of the molecule is CC(C)C[C@@H]1NCCc2ccc(N)cc21. The molecule has 1 atom stereocenters. The van der Waals surface area contributed by atoms with Gasteiger partial charge in [-0.25, -0.2) is 0 Å². The Morgan fingerprint density at radius 1 is 1.47 bits per heavy atom. The second-order valence-electron chi connectivity index (χ2n) is 4.84. The van der Waals surface area contributed by atoms with Crippen LogP contribution >= 0.6 is 0 Å². The molecule has 15 heavy (non-hydrogen) atoms. The lowest BCUT2D eigenvalue weighted by atomic mass is 9.89. The van der Waals surface area contributed by atoms with Gasteiger partial charge >= 0.3 is 0 Å². The van der Waals surface area contributed by atoms with E-state index in [1.807, 2.05) is 6.07 Å². The lowest BCUT2D eigenvalue weighted by Crippen LogP contribution is -2.30. The monoisotopic (exact) mass is 204 g/mol. The molecule has 1 aromatic rings. The van der Waals surface area contributed by atoms with Gasteiger partial charge in [0, 0.05) is 11.7 Å². The van der Waals surface area contributed by atoms with Crippen molar-refractivity contribution in [1.82, 2.24) is 5.32 Å². The molecule has 0 amide bonds. The van der Waals surface area contributed by atoms with Gasteiger partial charge in [-0.1, -0.05) is 19.9 Å². The van der Waals surface area contributed by atoms with E-state index in [1.165, 1.54) is 17.5 Å². The van der Waals surface area contributed by atoms with E-state index in [-0.39, 0.29) is 0 Å². The summed E-state index contributed by atoms with van der Waals surface area (Å²) < 4.78 is 0. The van der Waals surface area contributed by atoms with Crippen molar-refractivity contribution in [3.05, 3.63) is 29.3 Å². The molecule has 0 saturated carbocycles. The number of fused-ring (bicyclic) bond motifs is 1. The third-order valence-corrected chi connectivity index (χ3v) is 3.04. The lowest BCUT2D eigenvalue weighted by molar-refractivity contribution is 0.414. The average molecular weight is 204 g/mol. The fourth-order valence-electron chi connectivity index (χ4n) is 2.34. The summed E-state index contributed by atoms with van der Waals surface area (Å²) in [7, 11) is 0. The first kappa shape index (κ1) is 10.5. The zero-order chi connectivity index (χ0) is 10.8. The molecule has 0 aliphatic carbocycles. The molecule has 1 aromatic carbocycles. The quantitative estimate of drug-likeness (QED) is 0.726. The minimum atomic E-state index is 0.497. The van der Waals surface area contributed by atoms with Crippen LogP contribution in [0.3, 0.4) is 0 Å². The number of nitrogen functional groups attached to an aromatic ring is 1. The first-order valence-corrected chi connectivity index (χ1v) is 5.78. The highest BCUT2D eigenvalue weighted by molar-refractivity contribution is 5.47. The molecule has 0 spiro atoms. The molecule has 2 rings (SSSR count). The van der Waals surface area contributed by atoms with Crippen LogP contribution in [0.2, 0.25) is 0 Å². The van der Waals surface area contributed by atoms with Crippen LogP contribution in [-0.2, 0) is 6.42 Å². The Hall–Kier alpha value is -1.02. The third-order valence-electron chi connectivity index (χ3n) is 3.04. The summed E-state index contributed by atoms with van der Waals surface area (Å²) in [6.45, 7) is 5.62. The van der Waals surface area contributed by atoms with E-state index in [0.29, 0.717) is 6.04 Å². The van der Waals surface area contributed by atoms with Gasteiger partial charge in [0.15, 0.2) is 0 Å². The maximum absolute atomic E-state index is 5.85. The van der Waals surface area contributed by atoms with E-state index in [2.05, 4.69) is 31.3 Å². The maximum atomic E-state index is 5.85. The summed E-state index contributed by atoms with van der Waals surface area (Å²) >= 11 is 0. The van der Waals surface area contributed by atoms with E-state index in [9.17, 15) is 0 Å². The smallest absolute Gasteiger partial charge is 0.0326 e. The number of nitrogens with one attached hydrogen (secondary N) is 1. The molecule has 3 N–H and O–H groups in total. The van der Waals surface area contributed by atoms with E-state index in [4.69, 9.17) is 5.73 Å². The number of nitrogens with two attached hydrogens (primary N) is 1. The van der Waals surface area contributed by atoms with Crippen LogP contribution in [0.5, 0.6) is 0 Å². The number of hydrogen-bond acceptors (Lipinski definition) is 2. The van der Waals surface area contributed by atoms with Crippen LogP contribution < -0.4 is 11.1 Å². The molecule has 0 radical (unpaired) electrons. The minimum Gasteiger partial charge on any atom is -0.399 e. The molecule has 1 aliphatic heterocycles. The Labute approximate surface area is 91.9 Å². The number of rotatable bonds is 2. The normalized spacial score (nSPS) is 20.3. The van der Waals surface area contributed by atoms with Gasteiger partial charge in [0.25, 0.3) is 0 Å². The summed E-state index contributed by atoms with van der Waals surface area (Å²) in [6.07, 6.45) is 2.32. The zero-order valence-corrected chi connectivity index (χ0v) is 9.59. The number of hydrogen-bond donors (Lipinski definition) is 2. The van der Waals surface area contributed by atoms with Gasteiger partial charge in [0.2, 0.25) is 0 Å². The molecule has 0 fully saturated rings. The van der Waals surface area contributed by atoms with Crippen LogP contribution in [-0.4, -0.2) is 6.54 Å². The van der Waals surface area contributed by atoms with Crippen molar-refractivity contribution in [1.29, 1.82) is 0 Å². The Bertz CT molecular complexity index is 344. The van der Waals surface area contributed by atoms with Crippen molar-refractivity contribution in [3.63, 3.8) is 0 Å². The van der Waals surface area contributed by atoms with Gasteiger partial charge in [-0.05, 0) is 48.6 Å². The lowest BCUT2D eigenvalue weighted by Gasteiger charge is -2.28. The molecule has 0 bridgehead atoms. The summed E-state index contributed by atoms with van der Waals surface area (Å²) in [4.78, 5) is 0. The molecule has 0 saturated heterocycles. The van der Waals surface area contributed by atoms with E-state index < -0.39 is 0 Å². The molecule has 82 valence electrons. The minimum absolute atomic E-state index is 0.497. The second kappa shape index (κ2) is 4.23. The number of anilines is 1. The maximum Gasteiger partial charge on any atom is 0.0326 e. The van der Waals surface area contributed by atoms with E-state index >= 15 is 0 Å². The molecule has 2 nitrogen and oxygen atoms in total. The van der Waals surface area contributed by atoms with Gasteiger partial charge in [0.1, 0.15) is 0 Å². The summed E-state index contributed by atoms with van der Waals surface area (Å²) in [5, 5.41) is 3.58. The van der Waals surface area contributed by atoms with Gasteiger partial charge in [0.05, 0.1) is 0 Å². The summed E-state index contributed by atoms with van der Waals surface area (Å²) in [6, 6.07) is 6.82. The molecule has 0 aromatic heterocycles. The highest BCUT2D eigenvalue weighted by Crippen LogP contribution is 2.29. The Kier molecular flexibility index (Phi) is 2.96. The van der Waals surface area contributed by atoms with Gasteiger partial charge in [-0.2, -0.15) is 0 Å². The molecule has 1 heterocycles. The second-order valence-corrected chi connectivity index (χ2v) is 4.84. The highest BCUT2D eigenvalue weighted by atomic mass is 14.9. The predicted octanol–water partition coefficient (Wildman–Crippen LogP) is 2.50. The summed E-state index contributed by atoms with van der Waals surface area (Å²) in [5.74, 6) is 0.717. The summed E-state index contributed by atoms with van der Waals surface area (Å²) in [5.41, 5.74) is 9.61. The molecule has 2 heteroatoms. The van der Waals surface area contributed by atoms with Crippen molar-refractivity contribution in [2.45, 2.75) is 32.7 Å². The molecular weight excluding hydrogens is 184 g/mol. The standard InChI is InChI=1S/C13H20N2/c1-9(2)7-13-12-8-11(14)4-3-10(12)5-6-15-13/h3-4,8-9,13,15H,5-7,14H2,1-2H3/t13-/m0/s1. The average Bonchev–Trinajstić information content (AvgIpc) is 2.18. The first-order chi connectivity index (χ1) is 7.16. The molecule has 0 unspecified atom stereocenters. The van der Waals surface area contributed by atoms with E-state index in [0.717, 1.165) is 24.6 Å². The fraction of sp³-hybridized carbons (Fsp3) is 0.538. The van der Waals surface area contributed by atoms with Gasteiger partial charge in [-0.15, -0.1) is 0 Å². The number of benzene rings is 1. The van der Waals surface area contributed by atoms with E-state index in [1.54, 1.807) is 0 Å². The molecule has 1 aliphatic rings. The largest absolute Gasteiger partial charge is 0.399 e. The highest BCUT2D eigenvalue weighted by Gasteiger charge is 2.20. The van der Waals surface area contributed by atoms with Gasteiger partial charge < -0.3 is 11.1 Å². The van der Waals surface area contributed by atoms with Crippen LogP contribution in [0, 0.1) is 5.92 Å².